The molecule has 3 saturated carbocycles. The minimum atomic E-state index is -1.40. The molecule has 0 amide bonds. The first-order valence-corrected chi connectivity index (χ1v) is 17.1. The summed E-state index contributed by atoms with van der Waals surface area (Å²) >= 11 is 0. The zero-order valence-corrected chi connectivity index (χ0v) is 26.7. The Morgan fingerprint density at radius 1 is 0.951 bits per heavy atom. The Bertz CT molecular complexity index is 918. The fraction of sp³-hybridized carbons (Fsp3) is 0.943. The highest BCUT2D eigenvalue weighted by Gasteiger charge is 2.59. The van der Waals surface area contributed by atoms with Crippen LogP contribution in [0.15, 0.2) is 11.6 Å². The van der Waals surface area contributed by atoms with Crippen molar-refractivity contribution in [2.75, 3.05) is 6.61 Å². The Morgan fingerprint density at radius 3 is 2.39 bits per heavy atom. The summed E-state index contributed by atoms with van der Waals surface area (Å²) in [4.78, 5) is 0. The molecule has 1 heterocycles. The van der Waals surface area contributed by atoms with Gasteiger partial charge in [-0.15, -0.1) is 0 Å². The molecule has 6 nitrogen and oxygen atoms in total. The summed E-state index contributed by atoms with van der Waals surface area (Å²) in [6.07, 6.45) is 9.92. The highest BCUT2D eigenvalue weighted by molar-refractivity contribution is 5.25. The molecule has 4 fully saturated rings. The summed E-state index contributed by atoms with van der Waals surface area (Å²) in [6, 6.07) is 0. The fourth-order valence-corrected chi connectivity index (χ4v) is 10.8. The van der Waals surface area contributed by atoms with Crippen LogP contribution in [0.5, 0.6) is 0 Å². The molecule has 0 spiro atoms. The summed E-state index contributed by atoms with van der Waals surface area (Å²) in [7, 11) is 0. The summed E-state index contributed by atoms with van der Waals surface area (Å²) in [5, 5.41) is 40.4. The minimum Gasteiger partial charge on any atom is -0.394 e. The number of ether oxygens (including phenoxy) is 2. The molecule has 0 aromatic rings. The van der Waals surface area contributed by atoms with Gasteiger partial charge in [0, 0.05) is 0 Å². The van der Waals surface area contributed by atoms with E-state index >= 15 is 0 Å². The lowest BCUT2D eigenvalue weighted by Gasteiger charge is -2.58. The third kappa shape index (κ3) is 5.73. The van der Waals surface area contributed by atoms with Gasteiger partial charge in [0.15, 0.2) is 6.29 Å². The van der Waals surface area contributed by atoms with E-state index in [1.54, 1.807) is 0 Å². The number of hydrogen-bond acceptors (Lipinski definition) is 6. The van der Waals surface area contributed by atoms with Crippen LogP contribution in [0.2, 0.25) is 0 Å². The molecule has 1 saturated heterocycles. The molecule has 0 radical (unpaired) electrons. The maximum Gasteiger partial charge on any atom is 0.186 e. The van der Waals surface area contributed by atoms with Gasteiger partial charge in [0.1, 0.15) is 24.4 Å². The van der Waals surface area contributed by atoms with Gasteiger partial charge < -0.3 is 29.9 Å². The van der Waals surface area contributed by atoms with Crippen LogP contribution in [0.3, 0.4) is 0 Å². The van der Waals surface area contributed by atoms with E-state index in [1.165, 1.54) is 56.9 Å². The number of hydrogen-bond donors (Lipinski definition) is 4. The van der Waals surface area contributed by atoms with Crippen LogP contribution < -0.4 is 0 Å². The van der Waals surface area contributed by atoms with Gasteiger partial charge in [-0.1, -0.05) is 66.0 Å². The van der Waals surface area contributed by atoms with E-state index in [0.29, 0.717) is 5.41 Å². The molecular formula is C35H60O6. The number of rotatable bonds is 9. The lowest BCUT2D eigenvalue weighted by atomic mass is 9.47. The fourth-order valence-electron chi connectivity index (χ4n) is 10.8. The van der Waals surface area contributed by atoms with E-state index in [1.807, 2.05) is 0 Å². The Morgan fingerprint density at radius 2 is 1.71 bits per heavy atom. The van der Waals surface area contributed by atoms with Gasteiger partial charge in [0.05, 0.1) is 12.7 Å². The largest absolute Gasteiger partial charge is 0.394 e. The summed E-state index contributed by atoms with van der Waals surface area (Å²) in [5.74, 6) is 5.66. The third-order valence-electron chi connectivity index (χ3n) is 13.5. The Balaban J connectivity index is 1.24. The van der Waals surface area contributed by atoms with Gasteiger partial charge >= 0.3 is 0 Å². The first kappa shape index (κ1) is 31.9. The van der Waals surface area contributed by atoms with Crippen molar-refractivity contribution in [3.05, 3.63) is 11.6 Å². The molecule has 1 aliphatic heterocycles. The van der Waals surface area contributed by atoms with E-state index in [0.717, 1.165) is 60.7 Å². The second-order valence-electron chi connectivity index (χ2n) is 15.7. The maximum absolute atomic E-state index is 10.5. The predicted molar refractivity (Wildman–Crippen MR) is 161 cm³/mol. The van der Waals surface area contributed by atoms with E-state index in [2.05, 4.69) is 47.6 Å². The van der Waals surface area contributed by atoms with Crippen LogP contribution in [-0.2, 0) is 9.47 Å². The second kappa shape index (κ2) is 12.5. The first-order valence-electron chi connectivity index (χ1n) is 17.1. The van der Waals surface area contributed by atoms with E-state index < -0.39 is 37.3 Å². The average molecular weight is 577 g/mol. The molecule has 236 valence electrons. The highest BCUT2D eigenvalue weighted by Crippen LogP contribution is 2.67. The molecule has 5 rings (SSSR count). The molecule has 4 aliphatic carbocycles. The van der Waals surface area contributed by atoms with Crippen molar-refractivity contribution in [3.8, 4) is 0 Å². The molecule has 0 bridgehead atoms. The topological polar surface area (TPSA) is 99.4 Å². The van der Waals surface area contributed by atoms with Gasteiger partial charge in [0.25, 0.3) is 0 Å². The monoisotopic (exact) mass is 576 g/mol. The van der Waals surface area contributed by atoms with Crippen LogP contribution in [0.25, 0.3) is 0 Å². The van der Waals surface area contributed by atoms with E-state index in [-0.39, 0.29) is 11.5 Å². The van der Waals surface area contributed by atoms with Crippen LogP contribution in [-0.4, -0.2) is 63.8 Å². The highest BCUT2D eigenvalue weighted by atomic mass is 16.7. The van der Waals surface area contributed by atoms with Gasteiger partial charge in [-0.25, -0.2) is 0 Å². The smallest absolute Gasteiger partial charge is 0.186 e. The van der Waals surface area contributed by atoms with Gasteiger partial charge in [0.2, 0.25) is 0 Å². The van der Waals surface area contributed by atoms with Crippen molar-refractivity contribution < 1.29 is 29.9 Å². The Hall–Kier alpha value is -0.500. The van der Waals surface area contributed by atoms with E-state index in [9.17, 15) is 20.4 Å². The van der Waals surface area contributed by atoms with Crippen LogP contribution in [0.4, 0.5) is 0 Å². The molecular weight excluding hydrogens is 516 g/mol. The lowest BCUT2D eigenvalue weighted by Crippen LogP contribution is -2.60. The van der Waals surface area contributed by atoms with Gasteiger partial charge in [-0.05, 0) is 110 Å². The van der Waals surface area contributed by atoms with Crippen molar-refractivity contribution in [1.82, 2.24) is 0 Å². The Labute approximate surface area is 249 Å². The number of fused-ring (bicyclic) bond motifs is 5. The van der Waals surface area contributed by atoms with Gasteiger partial charge in [-0.2, -0.15) is 0 Å². The van der Waals surface area contributed by atoms with Crippen molar-refractivity contribution in [3.63, 3.8) is 0 Å². The first-order chi connectivity index (χ1) is 19.4. The predicted octanol–water partition coefficient (Wildman–Crippen LogP) is 5.85. The summed E-state index contributed by atoms with van der Waals surface area (Å²) < 4.78 is 11.9. The molecule has 41 heavy (non-hydrogen) atoms. The van der Waals surface area contributed by atoms with Crippen molar-refractivity contribution in [1.29, 1.82) is 0 Å². The number of aliphatic hydroxyl groups excluding tert-OH is 4. The maximum atomic E-state index is 10.5. The van der Waals surface area contributed by atoms with Gasteiger partial charge in [-0.3, -0.25) is 0 Å². The van der Waals surface area contributed by atoms with Crippen LogP contribution in [0.1, 0.15) is 112 Å². The standard InChI is InChI=1S/C35H60O6/c1-7-22(20(2)3)9-8-21(4)26-12-13-27-25-11-10-23-18-24(14-16-34(23,5)28(25)15-17-35(26,27)6)40-33-32(39)31(38)30(37)29(19-36)41-33/h10,20-22,24-33,36-39H,7-9,11-19H2,1-6H3/t21-,22-,24+,25+,26-,27+,28+,29-,30-,31+,32-,33-,34+,35-/m0/s1. The molecule has 6 heteroatoms. The second-order valence-corrected chi connectivity index (χ2v) is 15.7. The average Bonchev–Trinajstić information content (AvgIpc) is 3.30. The molecule has 0 aromatic carbocycles. The molecule has 5 aliphatic rings. The van der Waals surface area contributed by atoms with Crippen molar-refractivity contribution in [2.24, 2.45) is 52.3 Å². The molecule has 0 unspecified atom stereocenters. The summed E-state index contributed by atoms with van der Waals surface area (Å²) in [6.45, 7) is 14.5. The number of allylic oxidation sites excluding steroid dienone is 1. The molecule has 0 aromatic heterocycles. The van der Waals surface area contributed by atoms with Crippen LogP contribution in [0, 0.1) is 52.3 Å². The third-order valence-corrected chi connectivity index (χ3v) is 13.5. The normalized spacial score (nSPS) is 47.7. The number of aliphatic hydroxyl groups is 4. The van der Waals surface area contributed by atoms with Crippen molar-refractivity contribution >= 4 is 0 Å². The quantitative estimate of drug-likeness (QED) is 0.257. The SMILES string of the molecule is CC[C@@H](CC[C@H](C)[C@@H]1CC[C@@H]2[C@H]3CC=C4C[C@H](O[C@H]5O[C@@H](CO)[C@H](O)[C@@H](O)[C@@H]5O)CC[C@@]4(C)[C@@H]3CC[C@]21C)C(C)C. The zero-order chi connectivity index (χ0) is 29.7. The van der Waals surface area contributed by atoms with Crippen molar-refractivity contribution in [2.45, 2.75) is 149 Å². The Kier molecular flexibility index (Phi) is 9.71. The summed E-state index contributed by atoms with van der Waals surface area (Å²) in [5.41, 5.74) is 2.19. The lowest BCUT2D eigenvalue weighted by molar-refractivity contribution is -0.313. The zero-order valence-electron chi connectivity index (χ0n) is 26.7. The molecule has 4 N–H and O–H groups in total. The molecule has 14 atom stereocenters. The van der Waals surface area contributed by atoms with E-state index in [4.69, 9.17) is 9.47 Å². The van der Waals surface area contributed by atoms with Crippen LogP contribution >= 0.6 is 0 Å². The minimum absolute atomic E-state index is 0.101.